The maximum atomic E-state index is 8.92. The number of benzene rings is 1. The standard InChI is InChI=1S/C17H14N4/c1-13-16(9-10-18)21-12-11-19-15(17(21)20-13)8-7-14-5-3-2-4-6-14/h2-8,11-12H,9H2,1H3/b8-7+. The minimum atomic E-state index is 0.346. The zero-order chi connectivity index (χ0) is 14.7. The lowest BCUT2D eigenvalue weighted by atomic mass is 10.2. The predicted molar refractivity (Wildman–Crippen MR) is 82.4 cm³/mol. The van der Waals surface area contributed by atoms with Gasteiger partial charge >= 0.3 is 0 Å². The number of hydrogen-bond acceptors (Lipinski definition) is 3. The molecule has 2 heterocycles. The molecular formula is C17H14N4. The van der Waals surface area contributed by atoms with Crippen LogP contribution in [0, 0.1) is 18.3 Å². The van der Waals surface area contributed by atoms with Crippen molar-refractivity contribution in [3.8, 4) is 6.07 Å². The molecule has 2 aromatic heterocycles. The van der Waals surface area contributed by atoms with E-state index in [4.69, 9.17) is 5.26 Å². The van der Waals surface area contributed by atoms with Crippen LogP contribution in [0.15, 0.2) is 42.7 Å². The van der Waals surface area contributed by atoms with E-state index in [-0.39, 0.29) is 0 Å². The molecule has 0 radical (unpaired) electrons. The van der Waals surface area contributed by atoms with E-state index in [0.29, 0.717) is 6.42 Å². The van der Waals surface area contributed by atoms with E-state index in [2.05, 4.69) is 16.0 Å². The van der Waals surface area contributed by atoms with E-state index in [9.17, 15) is 0 Å². The first-order chi connectivity index (χ1) is 10.3. The van der Waals surface area contributed by atoms with Crippen LogP contribution >= 0.6 is 0 Å². The number of nitriles is 1. The Morgan fingerprint density at radius 3 is 2.81 bits per heavy atom. The van der Waals surface area contributed by atoms with Crippen LogP contribution < -0.4 is 0 Å². The third kappa shape index (κ3) is 2.54. The van der Waals surface area contributed by atoms with Gasteiger partial charge in [-0.25, -0.2) is 4.98 Å². The Hall–Kier alpha value is -2.93. The number of nitrogens with zero attached hydrogens (tertiary/aromatic N) is 4. The van der Waals surface area contributed by atoms with Crippen molar-refractivity contribution in [3.05, 3.63) is 65.4 Å². The van der Waals surface area contributed by atoms with Crippen LogP contribution in [0.4, 0.5) is 0 Å². The van der Waals surface area contributed by atoms with Gasteiger partial charge < -0.3 is 0 Å². The number of hydrogen-bond donors (Lipinski definition) is 0. The highest BCUT2D eigenvalue weighted by Gasteiger charge is 2.10. The molecule has 0 aliphatic carbocycles. The number of aromatic nitrogens is 3. The molecule has 0 bridgehead atoms. The van der Waals surface area contributed by atoms with Crippen molar-refractivity contribution in [2.45, 2.75) is 13.3 Å². The second-order valence-corrected chi connectivity index (χ2v) is 4.73. The second-order valence-electron chi connectivity index (χ2n) is 4.73. The molecular weight excluding hydrogens is 260 g/mol. The first-order valence-corrected chi connectivity index (χ1v) is 6.72. The van der Waals surface area contributed by atoms with Gasteiger partial charge in [-0.15, -0.1) is 0 Å². The van der Waals surface area contributed by atoms with Crippen LogP contribution in [0.2, 0.25) is 0 Å². The van der Waals surface area contributed by atoms with Crippen LogP contribution in [-0.4, -0.2) is 14.4 Å². The molecule has 1 aromatic carbocycles. The molecule has 0 amide bonds. The molecule has 4 nitrogen and oxygen atoms in total. The Labute approximate surface area is 123 Å². The van der Waals surface area contributed by atoms with Crippen LogP contribution in [-0.2, 0) is 6.42 Å². The number of fused-ring (bicyclic) bond motifs is 1. The fourth-order valence-electron chi connectivity index (χ4n) is 2.30. The number of aryl methyl sites for hydroxylation is 1. The fraction of sp³-hybridized carbons (Fsp3) is 0.118. The average molecular weight is 274 g/mol. The van der Waals surface area contributed by atoms with Gasteiger partial charge in [-0.3, -0.25) is 9.38 Å². The maximum Gasteiger partial charge on any atom is 0.163 e. The normalized spacial score (nSPS) is 11.0. The van der Waals surface area contributed by atoms with Gasteiger partial charge in [-0.05, 0) is 18.6 Å². The highest BCUT2D eigenvalue weighted by Crippen LogP contribution is 2.16. The number of imidazole rings is 1. The van der Waals surface area contributed by atoms with Crippen molar-refractivity contribution in [1.82, 2.24) is 14.4 Å². The van der Waals surface area contributed by atoms with Gasteiger partial charge in [0.25, 0.3) is 0 Å². The van der Waals surface area contributed by atoms with Crippen LogP contribution in [0.25, 0.3) is 17.8 Å². The molecule has 21 heavy (non-hydrogen) atoms. The monoisotopic (exact) mass is 274 g/mol. The minimum Gasteiger partial charge on any atom is -0.299 e. The van der Waals surface area contributed by atoms with E-state index in [0.717, 1.165) is 28.3 Å². The first kappa shape index (κ1) is 13.1. The third-order valence-electron chi connectivity index (χ3n) is 3.35. The number of rotatable bonds is 3. The molecule has 0 unspecified atom stereocenters. The maximum absolute atomic E-state index is 8.92. The highest BCUT2D eigenvalue weighted by atomic mass is 15.0. The summed E-state index contributed by atoms with van der Waals surface area (Å²) >= 11 is 0. The van der Waals surface area contributed by atoms with Crippen LogP contribution in [0.1, 0.15) is 22.6 Å². The molecule has 3 rings (SSSR count). The molecule has 0 N–H and O–H groups in total. The zero-order valence-corrected chi connectivity index (χ0v) is 11.7. The molecule has 0 saturated carbocycles. The summed E-state index contributed by atoms with van der Waals surface area (Å²) in [6, 6.07) is 12.2. The summed E-state index contributed by atoms with van der Waals surface area (Å²) in [4.78, 5) is 8.93. The van der Waals surface area contributed by atoms with Gasteiger partial charge in [0.1, 0.15) is 5.69 Å². The average Bonchev–Trinajstić information content (AvgIpc) is 2.83. The largest absolute Gasteiger partial charge is 0.299 e. The van der Waals surface area contributed by atoms with Gasteiger partial charge in [-0.2, -0.15) is 5.26 Å². The molecule has 102 valence electrons. The van der Waals surface area contributed by atoms with E-state index in [1.807, 2.05) is 60.0 Å². The Morgan fingerprint density at radius 2 is 2.05 bits per heavy atom. The topological polar surface area (TPSA) is 54.0 Å². The summed E-state index contributed by atoms with van der Waals surface area (Å²) in [7, 11) is 0. The smallest absolute Gasteiger partial charge is 0.163 e. The van der Waals surface area contributed by atoms with Crippen molar-refractivity contribution >= 4 is 17.8 Å². The lowest BCUT2D eigenvalue weighted by molar-refractivity contribution is 1.02. The predicted octanol–water partition coefficient (Wildman–Crippen LogP) is 3.27. The van der Waals surface area contributed by atoms with Crippen LogP contribution in [0.5, 0.6) is 0 Å². The Morgan fingerprint density at radius 1 is 1.24 bits per heavy atom. The van der Waals surface area contributed by atoms with E-state index < -0.39 is 0 Å². The first-order valence-electron chi connectivity index (χ1n) is 6.72. The molecule has 0 spiro atoms. The minimum absolute atomic E-state index is 0.346. The summed E-state index contributed by atoms with van der Waals surface area (Å²) in [5.74, 6) is 0. The summed E-state index contributed by atoms with van der Waals surface area (Å²) in [6.07, 6.45) is 7.89. The van der Waals surface area contributed by atoms with Gasteiger partial charge in [-0.1, -0.05) is 36.4 Å². The highest BCUT2D eigenvalue weighted by molar-refractivity contribution is 5.74. The van der Waals surface area contributed by atoms with Gasteiger partial charge in [0.15, 0.2) is 5.65 Å². The van der Waals surface area contributed by atoms with Crippen molar-refractivity contribution < 1.29 is 0 Å². The van der Waals surface area contributed by atoms with Gasteiger partial charge in [0.2, 0.25) is 0 Å². The summed E-state index contributed by atoms with van der Waals surface area (Å²) in [5.41, 5.74) is 4.49. The van der Waals surface area contributed by atoms with Crippen molar-refractivity contribution in [2.24, 2.45) is 0 Å². The lowest BCUT2D eigenvalue weighted by Gasteiger charge is -2.00. The zero-order valence-electron chi connectivity index (χ0n) is 11.7. The Bertz CT molecular complexity index is 838. The SMILES string of the molecule is Cc1nc2c(/C=C/c3ccccc3)nccn2c1CC#N. The molecule has 0 saturated heterocycles. The van der Waals surface area contributed by atoms with Gasteiger partial charge in [0, 0.05) is 12.4 Å². The van der Waals surface area contributed by atoms with Crippen molar-refractivity contribution in [2.75, 3.05) is 0 Å². The molecule has 0 aliphatic heterocycles. The van der Waals surface area contributed by atoms with Crippen molar-refractivity contribution in [3.63, 3.8) is 0 Å². The summed E-state index contributed by atoms with van der Waals surface area (Å²) in [5, 5.41) is 8.92. The molecule has 0 fully saturated rings. The molecule has 3 aromatic rings. The Kier molecular flexibility index (Phi) is 3.48. The second kappa shape index (κ2) is 5.59. The molecule has 0 aliphatic rings. The molecule has 0 atom stereocenters. The lowest BCUT2D eigenvalue weighted by Crippen LogP contribution is -1.95. The van der Waals surface area contributed by atoms with Crippen LogP contribution in [0.3, 0.4) is 0 Å². The van der Waals surface area contributed by atoms with E-state index in [1.165, 1.54) is 0 Å². The summed E-state index contributed by atoms with van der Waals surface area (Å²) in [6.45, 7) is 1.92. The van der Waals surface area contributed by atoms with E-state index >= 15 is 0 Å². The summed E-state index contributed by atoms with van der Waals surface area (Å²) < 4.78 is 1.94. The Balaban J connectivity index is 2.06. The van der Waals surface area contributed by atoms with E-state index in [1.54, 1.807) is 6.20 Å². The third-order valence-corrected chi connectivity index (χ3v) is 3.35. The molecule has 4 heteroatoms. The fourth-order valence-corrected chi connectivity index (χ4v) is 2.30. The van der Waals surface area contributed by atoms with Crippen molar-refractivity contribution in [1.29, 1.82) is 5.26 Å². The quantitative estimate of drug-likeness (QED) is 0.736. The van der Waals surface area contributed by atoms with Gasteiger partial charge in [0.05, 0.1) is 23.9 Å².